The van der Waals surface area contributed by atoms with E-state index in [0.29, 0.717) is 30.6 Å². The minimum Gasteiger partial charge on any atom is -0.496 e. The highest BCUT2D eigenvalue weighted by molar-refractivity contribution is 5.93. The van der Waals surface area contributed by atoms with Gasteiger partial charge in [-0.1, -0.05) is 11.8 Å². The third-order valence-corrected chi connectivity index (χ3v) is 3.10. The number of hydrogen-bond acceptors (Lipinski definition) is 4. The van der Waals surface area contributed by atoms with Gasteiger partial charge in [0.05, 0.1) is 14.2 Å². The topological polar surface area (TPSA) is 64.6 Å². The number of rotatable bonds is 5. The maximum absolute atomic E-state index is 11.8. The second-order valence-corrected chi connectivity index (χ2v) is 4.69. The summed E-state index contributed by atoms with van der Waals surface area (Å²) in [6, 6.07) is 3.51. The largest absolute Gasteiger partial charge is 0.496 e. The summed E-state index contributed by atoms with van der Waals surface area (Å²) < 4.78 is 10.0. The predicted molar refractivity (Wildman–Crippen MR) is 83.9 cm³/mol. The lowest BCUT2D eigenvalue weighted by Crippen LogP contribution is -2.16. The van der Waals surface area contributed by atoms with Crippen LogP contribution < -0.4 is 10.1 Å². The predicted octanol–water partition coefficient (Wildman–Crippen LogP) is 2.06. The lowest BCUT2D eigenvalue weighted by molar-refractivity contribution is -0.120. The Morgan fingerprint density at radius 3 is 2.59 bits per heavy atom. The van der Waals surface area contributed by atoms with Crippen LogP contribution in [0.3, 0.4) is 0 Å². The molecular weight excluding hydrogens is 282 g/mol. The molecule has 0 saturated heterocycles. The molecule has 0 fully saturated rings. The van der Waals surface area contributed by atoms with E-state index in [1.807, 2.05) is 13.0 Å². The van der Waals surface area contributed by atoms with Crippen LogP contribution >= 0.6 is 0 Å². The smallest absolute Gasteiger partial charge is 0.341 e. The van der Waals surface area contributed by atoms with Crippen molar-refractivity contribution in [2.75, 3.05) is 21.3 Å². The average Bonchev–Trinajstić information content (AvgIpc) is 2.52. The highest BCUT2D eigenvalue weighted by Crippen LogP contribution is 2.25. The molecule has 5 nitrogen and oxygen atoms in total. The summed E-state index contributed by atoms with van der Waals surface area (Å²) in [4.78, 5) is 22.9. The van der Waals surface area contributed by atoms with Crippen LogP contribution in [0.15, 0.2) is 12.1 Å². The Kier molecular flexibility index (Phi) is 6.97. The lowest BCUT2D eigenvalue weighted by atomic mass is 10.0. The molecule has 0 unspecified atom stereocenters. The molecule has 118 valence electrons. The number of ether oxygens (including phenoxy) is 2. The summed E-state index contributed by atoms with van der Waals surface area (Å²) in [5.74, 6) is 6.06. The summed E-state index contributed by atoms with van der Waals surface area (Å²) in [6.45, 7) is 1.85. The van der Waals surface area contributed by atoms with E-state index in [2.05, 4.69) is 17.2 Å². The summed E-state index contributed by atoms with van der Waals surface area (Å²) in [6.07, 6.45) is 1.78. The first-order valence-electron chi connectivity index (χ1n) is 6.99. The standard InChI is InChI=1S/C17H21NO4/c1-12-10-13(8-6-5-7-9-15(19)18-2)11-14(16(12)21-3)17(20)22-4/h10-11H,5,7,9H2,1-4H3,(H,18,19). The van der Waals surface area contributed by atoms with Gasteiger partial charge in [0.15, 0.2) is 0 Å². The summed E-state index contributed by atoms with van der Waals surface area (Å²) in [7, 11) is 4.45. The van der Waals surface area contributed by atoms with Gasteiger partial charge < -0.3 is 14.8 Å². The summed E-state index contributed by atoms with van der Waals surface area (Å²) >= 11 is 0. The second-order valence-electron chi connectivity index (χ2n) is 4.69. The van der Waals surface area contributed by atoms with Gasteiger partial charge >= 0.3 is 5.97 Å². The Bertz CT molecular complexity index is 611. The van der Waals surface area contributed by atoms with Gasteiger partial charge in [-0.05, 0) is 31.0 Å². The highest BCUT2D eigenvalue weighted by atomic mass is 16.5. The number of esters is 1. The third-order valence-electron chi connectivity index (χ3n) is 3.10. The molecule has 0 saturated carbocycles. The summed E-state index contributed by atoms with van der Waals surface area (Å²) in [5.41, 5.74) is 1.90. The lowest BCUT2D eigenvalue weighted by Gasteiger charge is -2.10. The van der Waals surface area contributed by atoms with Crippen LogP contribution in [0.25, 0.3) is 0 Å². The molecule has 0 spiro atoms. The maximum Gasteiger partial charge on any atom is 0.341 e. The van der Waals surface area contributed by atoms with Crippen LogP contribution in [-0.4, -0.2) is 33.1 Å². The Morgan fingerprint density at radius 2 is 2.00 bits per heavy atom. The van der Waals surface area contributed by atoms with Gasteiger partial charge in [-0.3, -0.25) is 4.79 Å². The number of carbonyl (C=O) groups is 2. The molecule has 1 N–H and O–H groups in total. The first-order valence-corrected chi connectivity index (χ1v) is 6.99. The van der Waals surface area contributed by atoms with Crippen molar-refractivity contribution in [1.82, 2.24) is 5.32 Å². The first kappa shape index (κ1) is 17.6. The molecule has 1 amide bonds. The minimum atomic E-state index is -0.455. The van der Waals surface area contributed by atoms with Gasteiger partial charge in [-0.2, -0.15) is 0 Å². The van der Waals surface area contributed by atoms with E-state index in [1.165, 1.54) is 14.2 Å². The fourth-order valence-corrected chi connectivity index (χ4v) is 2.01. The van der Waals surface area contributed by atoms with E-state index < -0.39 is 5.97 Å². The Balaban J connectivity index is 2.86. The Hall–Kier alpha value is -2.48. The number of nitrogens with one attached hydrogen (secondary N) is 1. The molecule has 0 atom stereocenters. The first-order chi connectivity index (χ1) is 10.5. The van der Waals surface area contributed by atoms with Gasteiger partial charge in [-0.15, -0.1) is 0 Å². The number of carbonyl (C=O) groups excluding carboxylic acids is 2. The molecule has 0 aliphatic carbocycles. The second kappa shape index (κ2) is 8.73. The van der Waals surface area contributed by atoms with Crippen molar-refractivity contribution in [1.29, 1.82) is 0 Å². The van der Waals surface area contributed by atoms with Crippen molar-refractivity contribution < 1.29 is 19.1 Å². The number of aryl methyl sites for hydroxylation is 1. The van der Waals surface area contributed by atoms with E-state index in [9.17, 15) is 9.59 Å². The van der Waals surface area contributed by atoms with Gasteiger partial charge in [0.2, 0.25) is 5.91 Å². The molecule has 1 aromatic carbocycles. The molecule has 0 bridgehead atoms. The summed E-state index contributed by atoms with van der Waals surface area (Å²) in [5, 5.41) is 2.57. The van der Waals surface area contributed by atoms with Gasteiger partial charge in [-0.25, -0.2) is 4.79 Å². The SMILES string of the molecule is CNC(=O)CCCC#Cc1cc(C)c(OC)c(C(=O)OC)c1. The Morgan fingerprint density at radius 1 is 1.27 bits per heavy atom. The van der Waals surface area contributed by atoms with Gasteiger partial charge in [0, 0.05) is 25.5 Å². The van der Waals surface area contributed by atoms with Crippen LogP contribution in [0.4, 0.5) is 0 Å². The molecular formula is C17H21NO4. The number of unbranched alkanes of at least 4 members (excludes halogenated alkanes) is 1. The number of benzene rings is 1. The molecule has 0 radical (unpaired) electrons. The number of methoxy groups -OCH3 is 2. The van der Waals surface area contributed by atoms with Crippen LogP contribution in [0.1, 0.15) is 40.7 Å². The molecule has 1 rings (SSSR count). The monoisotopic (exact) mass is 303 g/mol. The van der Waals surface area contributed by atoms with Crippen LogP contribution in [0.2, 0.25) is 0 Å². The zero-order chi connectivity index (χ0) is 16.5. The zero-order valence-corrected chi connectivity index (χ0v) is 13.4. The molecule has 0 aliphatic heterocycles. The third kappa shape index (κ3) is 4.81. The van der Waals surface area contributed by atoms with Crippen molar-refractivity contribution >= 4 is 11.9 Å². The number of amides is 1. The van der Waals surface area contributed by atoms with Crippen molar-refractivity contribution in [2.24, 2.45) is 0 Å². The normalized spacial score (nSPS) is 9.45. The average molecular weight is 303 g/mol. The molecule has 0 aliphatic rings. The van der Waals surface area contributed by atoms with Crippen molar-refractivity contribution in [3.63, 3.8) is 0 Å². The van der Waals surface area contributed by atoms with E-state index in [-0.39, 0.29) is 5.91 Å². The van der Waals surface area contributed by atoms with Crippen molar-refractivity contribution in [3.05, 3.63) is 28.8 Å². The molecule has 5 heteroatoms. The quantitative estimate of drug-likeness (QED) is 0.514. The maximum atomic E-state index is 11.8. The van der Waals surface area contributed by atoms with Crippen molar-refractivity contribution in [2.45, 2.75) is 26.2 Å². The number of hydrogen-bond donors (Lipinski definition) is 1. The highest BCUT2D eigenvalue weighted by Gasteiger charge is 2.15. The fourth-order valence-electron chi connectivity index (χ4n) is 2.01. The van der Waals surface area contributed by atoms with E-state index in [1.54, 1.807) is 13.1 Å². The minimum absolute atomic E-state index is 0.00932. The van der Waals surface area contributed by atoms with Crippen LogP contribution in [0, 0.1) is 18.8 Å². The molecule has 22 heavy (non-hydrogen) atoms. The zero-order valence-electron chi connectivity index (χ0n) is 13.4. The van der Waals surface area contributed by atoms with Gasteiger partial charge in [0.25, 0.3) is 0 Å². The molecule has 0 aromatic heterocycles. The van der Waals surface area contributed by atoms with E-state index in [0.717, 1.165) is 11.1 Å². The van der Waals surface area contributed by atoms with E-state index in [4.69, 9.17) is 9.47 Å². The Labute approximate surface area is 131 Å². The van der Waals surface area contributed by atoms with Crippen LogP contribution in [0.5, 0.6) is 5.75 Å². The fraction of sp³-hybridized carbons (Fsp3) is 0.412. The molecule has 1 aromatic rings. The van der Waals surface area contributed by atoms with Gasteiger partial charge in [0.1, 0.15) is 11.3 Å². The van der Waals surface area contributed by atoms with Crippen LogP contribution in [-0.2, 0) is 9.53 Å². The molecule has 0 heterocycles. The van der Waals surface area contributed by atoms with E-state index >= 15 is 0 Å². The van der Waals surface area contributed by atoms with Crippen molar-refractivity contribution in [3.8, 4) is 17.6 Å².